The minimum atomic E-state index is -4.08. The zero-order valence-electron chi connectivity index (χ0n) is 16.3. The SMILES string of the molecule is CCS(=O)(=O)N1CCC(NC(=O)c2cc(S(=O)(=O)Nc3ccccc3F)c[nH]2)CC1. The van der Waals surface area contributed by atoms with E-state index in [9.17, 15) is 26.0 Å². The number of benzene rings is 1. The third-order valence-corrected chi connectivity index (χ3v) is 8.10. The maximum atomic E-state index is 13.7. The molecule has 1 aromatic heterocycles. The Morgan fingerprint density at radius 1 is 1.20 bits per heavy atom. The third kappa shape index (κ3) is 4.99. The Morgan fingerprint density at radius 3 is 2.50 bits per heavy atom. The van der Waals surface area contributed by atoms with E-state index in [0.29, 0.717) is 25.9 Å². The van der Waals surface area contributed by atoms with Crippen molar-refractivity contribution in [2.24, 2.45) is 0 Å². The van der Waals surface area contributed by atoms with Crippen LogP contribution in [0, 0.1) is 5.82 Å². The van der Waals surface area contributed by atoms with Gasteiger partial charge in [-0.15, -0.1) is 0 Å². The number of halogens is 1. The van der Waals surface area contributed by atoms with Crippen LogP contribution in [-0.2, 0) is 20.0 Å². The Labute approximate surface area is 174 Å². The Bertz CT molecular complexity index is 1120. The van der Waals surface area contributed by atoms with Gasteiger partial charge < -0.3 is 10.3 Å². The highest BCUT2D eigenvalue weighted by atomic mass is 32.2. The van der Waals surface area contributed by atoms with E-state index in [1.54, 1.807) is 6.92 Å². The molecule has 3 rings (SSSR count). The third-order valence-electron chi connectivity index (χ3n) is 4.88. The fourth-order valence-corrected chi connectivity index (χ4v) is 5.32. The van der Waals surface area contributed by atoms with Gasteiger partial charge in [0.25, 0.3) is 15.9 Å². The van der Waals surface area contributed by atoms with Crippen molar-refractivity contribution in [2.75, 3.05) is 23.6 Å². The van der Waals surface area contributed by atoms with Crippen LogP contribution in [0.4, 0.5) is 10.1 Å². The van der Waals surface area contributed by atoms with Gasteiger partial charge in [0.15, 0.2) is 0 Å². The van der Waals surface area contributed by atoms with Crippen LogP contribution in [0.5, 0.6) is 0 Å². The molecular formula is C18H23FN4O5S2. The Kier molecular flexibility index (Phi) is 6.48. The molecule has 9 nitrogen and oxygen atoms in total. The molecule has 1 amide bonds. The number of sulfonamides is 2. The van der Waals surface area contributed by atoms with Gasteiger partial charge >= 0.3 is 0 Å². The topological polar surface area (TPSA) is 128 Å². The molecule has 1 aliphatic heterocycles. The number of amides is 1. The molecule has 0 radical (unpaired) electrons. The first-order valence-corrected chi connectivity index (χ1v) is 12.5. The number of rotatable bonds is 7. The molecule has 0 spiro atoms. The van der Waals surface area contributed by atoms with E-state index in [1.165, 1.54) is 22.5 Å². The van der Waals surface area contributed by atoms with Gasteiger partial charge in [-0.25, -0.2) is 25.5 Å². The van der Waals surface area contributed by atoms with Crippen molar-refractivity contribution >= 4 is 31.6 Å². The van der Waals surface area contributed by atoms with Crippen LogP contribution in [0.3, 0.4) is 0 Å². The normalized spacial score (nSPS) is 16.3. The highest BCUT2D eigenvalue weighted by molar-refractivity contribution is 7.92. The number of carbonyl (C=O) groups is 1. The van der Waals surface area contributed by atoms with Crippen molar-refractivity contribution in [2.45, 2.75) is 30.7 Å². The number of nitrogens with one attached hydrogen (secondary N) is 3. The second-order valence-corrected chi connectivity index (χ2v) is 10.8. The summed E-state index contributed by atoms with van der Waals surface area (Å²) in [6, 6.07) is 6.29. The van der Waals surface area contributed by atoms with Crippen LogP contribution >= 0.6 is 0 Å². The summed E-state index contributed by atoms with van der Waals surface area (Å²) in [6.45, 7) is 2.22. The number of H-pyrrole nitrogens is 1. The molecule has 1 aliphatic rings. The van der Waals surface area contributed by atoms with Crippen molar-refractivity contribution in [1.82, 2.24) is 14.6 Å². The lowest BCUT2D eigenvalue weighted by Crippen LogP contribution is -2.46. The quantitative estimate of drug-likeness (QED) is 0.579. The second-order valence-electron chi connectivity index (χ2n) is 6.88. The molecule has 1 saturated heterocycles. The van der Waals surface area contributed by atoms with Crippen LogP contribution < -0.4 is 10.0 Å². The summed E-state index contributed by atoms with van der Waals surface area (Å²) in [7, 11) is -7.34. The van der Waals surface area contributed by atoms with Crippen LogP contribution in [0.25, 0.3) is 0 Å². The van der Waals surface area contributed by atoms with Crippen molar-refractivity contribution in [1.29, 1.82) is 0 Å². The zero-order valence-corrected chi connectivity index (χ0v) is 17.9. The van der Waals surface area contributed by atoms with Gasteiger partial charge in [0.2, 0.25) is 10.0 Å². The molecule has 0 bridgehead atoms. The van der Waals surface area contributed by atoms with E-state index >= 15 is 0 Å². The molecule has 12 heteroatoms. The smallest absolute Gasteiger partial charge is 0.267 e. The first kappa shape index (κ1) is 22.2. The average Bonchev–Trinajstić information content (AvgIpc) is 3.21. The van der Waals surface area contributed by atoms with Crippen LogP contribution in [0.2, 0.25) is 0 Å². The number of aromatic nitrogens is 1. The summed E-state index contributed by atoms with van der Waals surface area (Å²) < 4.78 is 66.0. The zero-order chi connectivity index (χ0) is 21.9. The molecule has 30 heavy (non-hydrogen) atoms. The van der Waals surface area contributed by atoms with Gasteiger partial charge in [-0.05, 0) is 38.0 Å². The molecule has 2 aromatic rings. The van der Waals surface area contributed by atoms with E-state index in [2.05, 4.69) is 15.0 Å². The molecule has 0 unspecified atom stereocenters. The van der Waals surface area contributed by atoms with E-state index in [-0.39, 0.29) is 28.1 Å². The summed E-state index contributed by atoms with van der Waals surface area (Å²) in [5, 5.41) is 2.78. The predicted octanol–water partition coefficient (Wildman–Crippen LogP) is 1.50. The molecule has 0 saturated carbocycles. The van der Waals surface area contributed by atoms with Gasteiger partial charge in [0, 0.05) is 25.3 Å². The predicted molar refractivity (Wildman–Crippen MR) is 110 cm³/mol. The lowest BCUT2D eigenvalue weighted by atomic mass is 10.1. The van der Waals surface area contributed by atoms with Crippen molar-refractivity contribution in [3.05, 3.63) is 48.0 Å². The summed E-state index contributed by atoms with van der Waals surface area (Å²) in [6.07, 6.45) is 2.08. The molecule has 3 N–H and O–H groups in total. The van der Waals surface area contributed by atoms with Crippen molar-refractivity contribution in [3.8, 4) is 0 Å². The van der Waals surface area contributed by atoms with Gasteiger partial charge in [0.05, 0.1) is 11.4 Å². The van der Waals surface area contributed by atoms with Gasteiger partial charge in [-0.1, -0.05) is 12.1 Å². The monoisotopic (exact) mass is 458 g/mol. The van der Waals surface area contributed by atoms with Gasteiger partial charge in [-0.3, -0.25) is 9.52 Å². The number of anilines is 1. The lowest BCUT2D eigenvalue weighted by molar-refractivity contribution is 0.0919. The summed E-state index contributed by atoms with van der Waals surface area (Å²) in [5.41, 5.74) is -0.161. The molecule has 2 heterocycles. The summed E-state index contributed by atoms with van der Waals surface area (Å²) in [4.78, 5) is 14.9. The van der Waals surface area contributed by atoms with E-state index < -0.39 is 31.8 Å². The number of carbonyl (C=O) groups excluding carboxylic acids is 1. The summed E-state index contributed by atoms with van der Waals surface area (Å²) >= 11 is 0. The molecular weight excluding hydrogens is 435 g/mol. The minimum absolute atomic E-state index is 0.0324. The van der Waals surface area contributed by atoms with Crippen LogP contribution in [0.15, 0.2) is 41.4 Å². The molecule has 0 aliphatic carbocycles. The standard InChI is InChI=1S/C18H23FN4O5S2/c1-2-29(25,26)23-9-7-13(8-10-23)21-18(24)17-11-14(12-20-17)30(27,28)22-16-6-4-3-5-15(16)19/h3-6,11-13,20,22H,2,7-10H2,1H3,(H,21,24). The highest BCUT2D eigenvalue weighted by Crippen LogP contribution is 2.20. The minimum Gasteiger partial charge on any atom is -0.356 e. The first-order chi connectivity index (χ1) is 14.1. The fourth-order valence-electron chi connectivity index (χ4n) is 3.13. The van der Waals surface area contributed by atoms with E-state index in [4.69, 9.17) is 0 Å². The molecule has 0 atom stereocenters. The molecule has 164 valence electrons. The van der Waals surface area contributed by atoms with Crippen LogP contribution in [-0.4, -0.2) is 56.9 Å². The largest absolute Gasteiger partial charge is 0.356 e. The maximum absolute atomic E-state index is 13.7. The Morgan fingerprint density at radius 2 is 1.87 bits per heavy atom. The number of para-hydroxylation sites is 1. The average molecular weight is 459 g/mol. The Balaban J connectivity index is 1.62. The number of piperidine rings is 1. The highest BCUT2D eigenvalue weighted by Gasteiger charge is 2.28. The van der Waals surface area contributed by atoms with Gasteiger partial charge in [-0.2, -0.15) is 0 Å². The summed E-state index contributed by atoms with van der Waals surface area (Å²) in [5.74, 6) is -1.19. The van der Waals surface area contributed by atoms with Crippen LogP contribution in [0.1, 0.15) is 30.3 Å². The van der Waals surface area contributed by atoms with E-state index in [1.807, 2.05) is 0 Å². The number of hydrogen-bond acceptors (Lipinski definition) is 5. The fraction of sp³-hybridized carbons (Fsp3) is 0.389. The van der Waals surface area contributed by atoms with E-state index in [0.717, 1.165) is 18.3 Å². The molecule has 1 aromatic carbocycles. The first-order valence-electron chi connectivity index (χ1n) is 9.37. The van der Waals surface area contributed by atoms with Gasteiger partial charge in [0.1, 0.15) is 16.4 Å². The Hall–Kier alpha value is -2.44. The van der Waals surface area contributed by atoms with Crippen molar-refractivity contribution < 1.29 is 26.0 Å². The molecule has 1 fully saturated rings. The second kappa shape index (κ2) is 8.74. The van der Waals surface area contributed by atoms with Crippen molar-refractivity contribution in [3.63, 3.8) is 0 Å². The maximum Gasteiger partial charge on any atom is 0.267 e. The number of hydrogen-bond donors (Lipinski definition) is 3. The number of aromatic amines is 1. The lowest BCUT2D eigenvalue weighted by Gasteiger charge is -2.31. The number of nitrogens with zero attached hydrogens (tertiary/aromatic N) is 1.